The van der Waals surface area contributed by atoms with Gasteiger partial charge in [-0.3, -0.25) is 0 Å². The van der Waals surface area contributed by atoms with E-state index >= 15 is 0 Å². The minimum absolute atomic E-state index is 0.796. The Kier molecular flexibility index (Phi) is 5.57. The summed E-state index contributed by atoms with van der Waals surface area (Å²) in [4.78, 5) is 1.30. The molecule has 11 aromatic rings. The van der Waals surface area contributed by atoms with Gasteiger partial charge in [0.05, 0.1) is 0 Å². The molecule has 0 fully saturated rings. The lowest BCUT2D eigenvalue weighted by Gasteiger charge is -2.17. The van der Waals surface area contributed by atoms with Gasteiger partial charge in [0.1, 0.15) is 11.2 Å². The molecular formula is C46H26O2S. The molecule has 8 aromatic carbocycles. The van der Waals surface area contributed by atoms with Crippen LogP contribution in [0.3, 0.4) is 0 Å². The van der Waals surface area contributed by atoms with Crippen molar-refractivity contribution in [2.24, 2.45) is 0 Å². The van der Waals surface area contributed by atoms with Gasteiger partial charge in [-0.15, -0.1) is 11.3 Å². The Balaban J connectivity index is 1.10. The Bertz CT molecular complexity index is 3010. The summed E-state index contributed by atoms with van der Waals surface area (Å²) in [5.74, 6) is 0. The molecule has 0 radical (unpaired) electrons. The highest BCUT2D eigenvalue weighted by Gasteiger charge is 2.20. The molecule has 0 atom stereocenters. The van der Waals surface area contributed by atoms with Gasteiger partial charge in [-0.1, -0.05) is 121 Å². The maximum Gasteiger partial charge on any atom is 0.178 e. The van der Waals surface area contributed by atoms with E-state index in [4.69, 9.17) is 8.83 Å². The lowest BCUT2D eigenvalue weighted by molar-refractivity contribution is 0.633. The van der Waals surface area contributed by atoms with E-state index in [0.29, 0.717) is 0 Å². The standard InChI is InChI=1S/C46H26O2S/c1-8-19-40-29(10-1)26-41(49-40)44-34-14-4-2-12-32(34)42(33-13-3-5-15-35(33)44)28-22-20-27(21-23-28)30-16-9-18-39-43(30)37-25-24-36-31-11-6-7-17-38(31)47-45(36)46(37)48-39/h1-26H. The molecule has 0 amide bonds. The van der Waals surface area contributed by atoms with Crippen LogP contribution in [0.4, 0.5) is 0 Å². The van der Waals surface area contributed by atoms with Crippen LogP contribution in [0.2, 0.25) is 0 Å². The van der Waals surface area contributed by atoms with Crippen LogP contribution in [0.1, 0.15) is 0 Å². The van der Waals surface area contributed by atoms with Crippen LogP contribution in [0.15, 0.2) is 167 Å². The Morgan fingerprint density at radius 2 is 0.959 bits per heavy atom. The lowest BCUT2D eigenvalue weighted by atomic mass is 9.87. The van der Waals surface area contributed by atoms with E-state index in [9.17, 15) is 0 Å². The Hall–Kier alpha value is -6.16. The van der Waals surface area contributed by atoms with Gasteiger partial charge < -0.3 is 8.83 Å². The first-order chi connectivity index (χ1) is 24.3. The van der Waals surface area contributed by atoms with Crippen LogP contribution in [0.5, 0.6) is 0 Å². The molecule has 3 aromatic heterocycles. The van der Waals surface area contributed by atoms with E-state index in [1.54, 1.807) is 0 Å². The maximum atomic E-state index is 6.52. The topological polar surface area (TPSA) is 26.3 Å². The van der Waals surface area contributed by atoms with Crippen molar-refractivity contribution in [3.8, 4) is 32.7 Å². The summed E-state index contributed by atoms with van der Waals surface area (Å²) >= 11 is 1.87. The number of hydrogen-bond acceptors (Lipinski definition) is 3. The van der Waals surface area contributed by atoms with Crippen LogP contribution in [0.25, 0.3) is 108 Å². The van der Waals surface area contributed by atoms with Crippen molar-refractivity contribution < 1.29 is 8.83 Å². The van der Waals surface area contributed by atoms with Gasteiger partial charge in [0.25, 0.3) is 0 Å². The quantitative estimate of drug-likeness (QED) is 0.179. The smallest absolute Gasteiger partial charge is 0.178 e. The van der Waals surface area contributed by atoms with Gasteiger partial charge in [-0.25, -0.2) is 0 Å². The second-order valence-electron chi connectivity index (χ2n) is 12.8. The number of fused-ring (bicyclic) bond motifs is 10. The molecule has 0 aliphatic rings. The zero-order chi connectivity index (χ0) is 32.1. The van der Waals surface area contributed by atoms with Crippen LogP contribution < -0.4 is 0 Å². The fourth-order valence-corrected chi connectivity index (χ4v) is 9.07. The van der Waals surface area contributed by atoms with Gasteiger partial charge in [0.15, 0.2) is 11.2 Å². The highest BCUT2D eigenvalue weighted by Crippen LogP contribution is 2.47. The summed E-state index contributed by atoms with van der Waals surface area (Å²) in [5.41, 5.74) is 9.40. The highest BCUT2D eigenvalue weighted by molar-refractivity contribution is 7.22. The first-order valence-electron chi connectivity index (χ1n) is 16.6. The summed E-state index contributed by atoms with van der Waals surface area (Å²) < 4.78 is 14.2. The molecule has 0 spiro atoms. The summed E-state index contributed by atoms with van der Waals surface area (Å²) in [6, 6.07) is 56.7. The molecule has 0 aliphatic heterocycles. The molecule has 0 bridgehead atoms. The fraction of sp³-hybridized carbons (Fsp3) is 0. The van der Waals surface area contributed by atoms with E-state index in [2.05, 4.69) is 140 Å². The number of hydrogen-bond donors (Lipinski definition) is 0. The minimum Gasteiger partial charge on any atom is -0.452 e. The van der Waals surface area contributed by atoms with E-state index in [1.807, 2.05) is 29.5 Å². The van der Waals surface area contributed by atoms with E-state index in [1.165, 1.54) is 53.2 Å². The van der Waals surface area contributed by atoms with Crippen molar-refractivity contribution in [1.82, 2.24) is 0 Å². The molecule has 49 heavy (non-hydrogen) atoms. The monoisotopic (exact) mass is 642 g/mol. The molecule has 0 saturated heterocycles. The summed E-state index contributed by atoms with van der Waals surface area (Å²) in [6.07, 6.45) is 0. The van der Waals surface area contributed by atoms with Gasteiger partial charge in [0.2, 0.25) is 0 Å². The van der Waals surface area contributed by atoms with Crippen molar-refractivity contribution in [1.29, 1.82) is 0 Å². The van der Waals surface area contributed by atoms with Gasteiger partial charge in [0, 0.05) is 36.7 Å². The van der Waals surface area contributed by atoms with Gasteiger partial charge in [-0.05, 0) is 85.6 Å². The molecule has 0 aliphatic carbocycles. The van der Waals surface area contributed by atoms with Crippen molar-refractivity contribution in [3.05, 3.63) is 158 Å². The Morgan fingerprint density at radius 1 is 0.388 bits per heavy atom. The normalized spacial score (nSPS) is 12.1. The SMILES string of the molecule is c1ccc2sc(-c3c4ccccc4c(-c4ccc(-c5cccc6oc7c(ccc8c9ccccc9oc87)c56)cc4)c4ccccc34)cc2c1. The third-order valence-corrected chi connectivity index (χ3v) is 11.2. The molecule has 0 unspecified atom stereocenters. The molecular weight excluding hydrogens is 617 g/mol. The van der Waals surface area contributed by atoms with Gasteiger partial charge >= 0.3 is 0 Å². The highest BCUT2D eigenvalue weighted by atomic mass is 32.1. The minimum atomic E-state index is 0.796. The molecule has 228 valence electrons. The summed E-state index contributed by atoms with van der Waals surface area (Å²) in [5, 5.41) is 10.7. The number of thiophene rings is 1. The molecule has 3 heterocycles. The zero-order valence-corrected chi connectivity index (χ0v) is 27.1. The summed E-state index contributed by atoms with van der Waals surface area (Å²) in [6.45, 7) is 0. The first kappa shape index (κ1) is 26.9. The lowest BCUT2D eigenvalue weighted by Crippen LogP contribution is -1.90. The van der Waals surface area contributed by atoms with Crippen molar-refractivity contribution in [2.75, 3.05) is 0 Å². The molecule has 2 nitrogen and oxygen atoms in total. The second kappa shape index (κ2) is 10.2. The van der Waals surface area contributed by atoms with E-state index in [0.717, 1.165) is 55.0 Å². The largest absolute Gasteiger partial charge is 0.452 e. The van der Waals surface area contributed by atoms with Crippen molar-refractivity contribution in [2.45, 2.75) is 0 Å². The number of benzene rings is 8. The predicted molar refractivity (Wildman–Crippen MR) is 208 cm³/mol. The van der Waals surface area contributed by atoms with E-state index < -0.39 is 0 Å². The number of rotatable bonds is 3. The average molecular weight is 643 g/mol. The Labute approximate surface area is 285 Å². The van der Waals surface area contributed by atoms with Crippen LogP contribution >= 0.6 is 11.3 Å². The fourth-order valence-electron chi connectivity index (χ4n) is 7.93. The third-order valence-electron chi connectivity index (χ3n) is 10.1. The second-order valence-corrected chi connectivity index (χ2v) is 13.8. The van der Waals surface area contributed by atoms with Crippen molar-refractivity contribution in [3.63, 3.8) is 0 Å². The van der Waals surface area contributed by atoms with Crippen LogP contribution in [-0.2, 0) is 0 Å². The van der Waals surface area contributed by atoms with Crippen LogP contribution in [0, 0.1) is 0 Å². The molecule has 0 N–H and O–H groups in total. The molecule has 3 heteroatoms. The average Bonchev–Trinajstić information content (AvgIpc) is 3.87. The summed E-state index contributed by atoms with van der Waals surface area (Å²) in [7, 11) is 0. The predicted octanol–water partition coefficient (Wildman–Crippen LogP) is 14.0. The first-order valence-corrected chi connectivity index (χ1v) is 17.4. The molecule has 11 rings (SSSR count). The zero-order valence-electron chi connectivity index (χ0n) is 26.2. The van der Waals surface area contributed by atoms with Crippen molar-refractivity contribution >= 4 is 86.8 Å². The molecule has 0 saturated carbocycles. The Morgan fingerprint density at radius 3 is 1.71 bits per heavy atom. The maximum absolute atomic E-state index is 6.52. The third kappa shape index (κ3) is 3.88. The van der Waals surface area contributed by atoms with E-state index in [-0.39, 0.29) is 0 Å². The van der Waals surface area contributed by atoms with Crippen LogP contribution in [-0.4, -0.2) is 0 Å². The number of furan rings is 2. The number of para-hydroxylation sites is 1. The van der Waals surface area contributed by atoms with Gasteiger partial charge in [-0.2, -0.15) is 0 Å².